The maximum atomic E-state index is 12.3. The Balaban J connectivity index is 2.73. The molecule has 1 rings (SSSR count). The van der Waals surface area contributed by atoms with Gasteiger partial charge < -0.3 is 0 Å². The maximum Gasteiger partial charge on any atom is 0.123 e. The first-order valence-corrected chi connectivity index (χ1v) is 3.08. The van der Waals surface area contributed by atoms with Crippen LogP contribution in [0.2, 0.25) is 0 Å². The van der Waals surface area contributed by atoms with Crippen LogP contribution in [0.5, 0.6) is 0 Å². The molecule has 0 aliphatic heterocycles. The molecule has 0 fully saturated rings. The molecule has 0 spiro atoms. The lowest BCUT2D eigenvalue weighted by Gasteiger charge is -1.92. The van der Waals surface area contributed by atoms with Crippen molar-refractivity contribution in [1.29, 1.82) is 0 Å². The molecule has 0 radical (unpaired) electrons. The number of hydrogen-bond acceptors (Lipinski definition) is 1. The van der Waals surface area contributed by atoms with Gasteiger partial charge in [0.15, 0.2) is 0 Å². The molecule has 0 saturated heterocycles. The van der Waals surface area contributed by atoms with Crippen molar-refractivity contribution in [3.05, 3.63) is 46.1 Å². The van der Waals surface area contributed by atoms with E-state index in [0.29, 0.717) is 0 Å². The van der Waals surface area contributed by atoms with Crippen LogP contribution >= 0.6 is 0 Å². The van der Waals surface area contributed by atoms with Gasteiger partial charge in [-0.1, -0.05) is 17.2 Å². The standard InChI is InChI=1S/C7H6FN3/c8-7-3-1-6(2-4-7)5-10-11-9/h1-4H,5H2. The van der Waals surface area contributed by atoms with Crippen LogP contribution in [0, 0.1) is 5.82 Å². The van der Waals surface area contributed by atoms with Gasteiger partial charge in [-0.05, 0) is 23.2 Å². The number of nitrogens with zero attached hydrogens (tertiary/aromatic N) is 3. The normalized spacial score (nSPS) is 8.82. The summed E-state index contributed by atoms with van der Waals surface area (Å²) in [6.45, 7) is 0.275. The Kier molecular flexibility index (Phi) is 2.47. The van der Waals surface area contributed by atoms with Crippen LogP contribution in [-0.4, -0.2) is 0 Å². The molecule has 0 aliphatic carbocycles. The van der Waals surface area contributed by atoms with E-state index >= 15 is 0 Å². The van der Waals surface area contributed by atoms with Crippen molar-refractivity contribution in [3.63, 3.8) is 0 Å². The van der Waals surface area contributed by atoms with Crippen LogP contribution in [0.3, 0.4) is 0 Å². The Labute approximate surface area is 63.1 Å². The fraction of sp³-hybridized carbons (Fsp3) is 0.143. The van der Waals surface area contributed by atoms with Crippen molar-refractivity contribution in [2.75, 3.05) is 0 Å². The maximum absolute atomic E-state index is 12.3. The molecule has 0 aliphatic rings. The Morgan fingerprint density at radius 3 is 2.55 bits per heavy atom. The molecule has 4 heteroatoms. The monoisotopic (exact) mass is 151 g/mol. The van der Waals surface area contributed by atoms with Gasteiger partial charge in [0, 0.05) is 4.91 Å². The summed E-state index contributed by atoms with van der Waals surface area (Å²) in [6, 6.07) is 5.85. The number of hydrogen-bond donors (Lipinski definition) is 0. The fourth-order valence-corrected chi connectivity index (χ4v) is 0.703. The predicted octanol–water partition coefficient (Wildman–Crippen LogP) is 2.64. The highest BCUT2D eigenvalue weighted by atomic mass is 19.1. The second kappa shape index (κ2) is 3.58. The van der Waals surface area contributed by atoms with Crippen molar-refractivity contribution in [2.45, 2.75) is 6.54 Å². The second-order valence-electron chi connectivity index (χ2n) is 2.02. The van der Waals surface area contributed by atoms with Crippen molar-refractivity contribution in [3.8, 4) is 0 Å². The van der Waals surface area contributed by atoms with Gasteiger partial charge in [-0.15, -0.1) is 0 Å². The lowest BCUT2D eigenvalue weighted by Crippen LogP contribution is -1.79. The van der Waals surface area contributed by atoms with Crippen LogP contribution in [0.15, 0.2) is 29.4 Å². The lowest BCUT2D eigenvalue weighted by atomic mass is 10.2. The van der Waals surface area contributed by atoms with Crippen LogP contribution in [-0.2, 0) is 6.54 Å². The summed E-state index contributed by atoms with van der Waals surface area (Å²) < 4.78 is 12.3. The lowest BCUT2D eigenvalue weighted by molar-refractivity contribution is 0.627. The SMILES string of the molecule is [N-]=[N+]=NCc1ccc(F)cc1. The minimum absolute atomic E-state index is 0.275. The zero-order chi connectivity index (χ0) is 8.10. The molecule has 1 aromatic rings. The molecule has 0 heterocycles. The van der Waals surface area contributed by atoms with Crippen molar-refractivity contribution >= 4 is 0 Å². The summed E-state index contributed by atoms with van der Waals surface area (Å²) in [5, 5.41) is 3.33. The zero-order valence-corrected chi connectivity index (χ0v) is 5.74. The summed E-state index contributed by atoms with van der Waals surface area (Å²) in [4.78, 5) is 2.58. The largest absolute Gasteiger partial charge is 0.207 e. The van der Waals surface area contributed by atoms with E-state index in [1.54, 1.807) is 12.1 Å². The van der Waals surface area contributed by atoms with Gasteiger partial charge in [0.2, 0.25) is 0 Å². The molecule has 11 heavy (non-hydrogen) atoms. The predicted molar refractivity (Wildman–Crippen MR) is 39.3 cm³/mol. The third-order valence-electron chi connectivity index (χ3n) is 1.23. The molecule has 56 valence electrons. The van der Waals surface area contributed by atoms with Crippen LogP contribution < -0.4 is 0 Å². The molecule has 0 atom stereocenters. The van der Waals surface area contributed by atoms with Crippen molar-refractivity contribution in [1.82, 2.24) is 0 Å². The van der Waals surface area contributed by atoms with Crippen molar-refractivity contribution < 1.29 is 4.39 Å². The molecule has 0 N–H and O–H groups in total. The molecule has 0 saturated carbocycles. The summed E-state index contributed by atoms with van der Waals surface area (Å²) in [5.41, 5.74) is 8.78. The van der Waals surface area contributed by atoms with Gasteiger partial charge in [-0.3, -0.25) is 0 Å². The molecular formula is C7H6FN3. The van der Waals surface area contributed by atoms with Gasteiger partial charge in [-0.25, -0.2) is 4.39 Å². The number of azide groups is 1. The minimum Gasteiger partial charge on any atom is -0.207 e. The molecule has 3 nitrogen and oxygen atoms in total. The fourth-order valence-electron chi connectivity index (χ4n) is 0.703. The van der Waals surface area contributed by atoms with Gasteiger partial charge in [0.05, 0.1) is 6.54 Å². The van der Waals surface area contributed by atoms with Crippen LogP contribution in [0.4, 0.5) is 4.39 Å². The third kappa shape index (κ3) is 2.27. The average molecular weight is 151 g/mol. The third-order valence-corrected chi connectivity index (χ3v) is 1.23. The van der Waals surface area contributed by atoms with Gasteiger partial charge in [0.1, 0.15) is 5.82 Å². The van der Waals surface area contributed by atoms with Gasteiger partial charge in [-0.2, -0.15) is 0 Å². The van der Waals surface area contributed by atoms with Gasteiger partial charge >= 0.3 is 0 Å². The quantitative estimate of drug-likeness (QED) is 0.354. The topological polar surface area (TPSA) is 48.8 Å². The highest BCUT2D eigenvalue weighted by Gasteiger charge is 1.89. The molecule has 0 aromatic heterocycles. The summed E-state index contributed by atoms with van der Waals surface area (Å²) >= 11 is 0. The highest BCUT2D eigenvalue weighted by molar-refractivity contribution is 5.15. The van der Waals surface area contributed by atoms with E-state index in [1.165, 1.54) is 12.1 Å². The average Bonchev–Trinajstić information content (AvgIpc) is 2.04. The van der Waals surface area contributed by atoms with Crippen LogP contribution in [0.25, 0.3) is 10.4 Å². The van der Waals surface area contributed by atoms with E-state index in [1.807, 2.05) is 0 Å². The summed E-state index contributed by atoms with van der Waals surface area (Å²) in [5.74, 6) is -0.283. The molecule has 0 bridgehead atoms. The Morgan fingerprint density at radius 2 is 2.00 bits per heavy atom. The van der Waals surface area contributed by atoms with Gasteiger partial charge in [0.25, 0.3) is 0 Å². The van der Waals surface area contributed by atoms with E-state index in [2.05, 4.69) is 10.0 Å². The first kappa shape index (κ1) is 7.57. The zero-order valence-electron chi connectivity index (χ0n) is 5.74. The number of benzene rings is 1. The summed E-state index contributed by atoms with van der Waals surface area (Å²) in [7, 11) is 0. The van der Waals surface area contributed by atoms with Crippen molar-refractivity contribution in [2.24, 2.45) is 5.11 Å². The molecule has 1 aromatic carbocycles. The summed E-state index contributed by atoms with van der Waals surface area (Å²) in [6.07, 6.45) is 0. The van der Waals surface area contributed by atoms with E-state index < -0.39 is 0 Å². The molecular weight excluding hydrogens is 145 g/mol. The molecule has 0 amide bonds. The minimum atomic E-state index is -0.283. The second-order valence-corrected chi connectivity index (χ2v) is 2.02. The first-order valence-electron chi connectivity index (χ1n) is 3.08. The Hall–Kier alpha value is -1.54. The Morgan fingerprint density at radius 1 is 1.36 bits per heavy atom. The van der Waals surface area contributed by atoms with E-state index in [9.17, 15) is 4.39 Å². The number of halogens is 1. The highest BCUT2D eigenvalue weighted by Crippen LogP contribution is 2.03. The van der Waals surface area contributed by atoms with Crippen LogP contribution in [0.1, 0.15) is 5.56 Å². The van der Waals surface area contributed by atoms with E-state index in [4.69, 9.17) is 5.53 Å². The molecule has 0 unspecified atom stereocenters. The van der Waals surface area contributed by atoms with E-state index in [0.717, 1.165) is 5.56 Å². The van der Waals surface area contributed by atoms with E-state index in [-0.39, 0.29) is 12.4 Å². The number of rotatable bonds is 2. The first-order chi connectivity index (χ1) is 5.33. The Bertz CT molecular complexity index is 274. The smallest absolute Gasteiger partial charge is 0.123 e.